The number of ether oxygens (including phenoxy) is 5. The number of halogens is 9. The van der Waals surface area contributed by atoms with Gasteiger partial charge in [0.2, 0.25) is 11.8 Å². The lowest BCUT2D eigenvalue weighted by molar-refractivity contribution is -0.107. The average molecular weight is 2050 g/mol. The zero-order valence-electron chi connectivity index (χ0n) is 75.8. The van der Waals surface area contributed by atoms with Gasteiger partial charge < -0.3 is 69.6 Å². The number of fused-ring (bicyclic) bond motifs is 7. The van der Waals surface area contributed by atoms with Crippen LogP contribution in [-0.2, 0) is 84.0 Å². The first-order valence-electron chi connectivity index (χ1n) is 42.7. The van der Waals surface area contributed by atoms with Crippen LogP contribution < -0.4 is 30.7 Å². The molecule has 11 heterocycles. The van der Waals surface area contributed by atoms with Crippen LogP contribution in [0.25, 0.3) is 0 Å². The molecule has 46 heteroatoms. The van der Waals surface area contributed by atoms with E-state index >= 15 is 0 Å². The van der Waals surface area contributed by atoms with Crippen LogP contribution in [0.4, 0.5) is 60.5 Å². The van der Waals surface area contributed by atoms with Gasteiger partial charge >= 0.3 is 18.3 Å². The molecule has 8 aromatic rings. The Labute approximate surface area is 801 Å². The number of benzene rings is 4. The fraction of sp³-hybridized carbons (Fsp3) is 0.500. The summed E-state index contributed by atoms with van der Waals surface area (Å²) in [5, 5.41) is 16.7. The number of carbonyl (C=O) groups is 4. The number of nitrogen functional groups attached to an aromatic ring is 1. The predicted octanol–water partition coefficient (Wildman–Crippen LogP) is 15.9. The molecule has 6 saturated heterocycles. The monoisotopic (exact) mass is 2040 g/mol. The van der Waals surface area contributed by atoms with E-state index in [-0.39, 0.29) is 147 Å². The smallest absolute Gasteiger partial charge is 0.410 e. The number of nitrogens with one attached hydrogen (secondary N) is 2. The van der Waals surface area contributed by atoms with E-state index in [0.29, 0.717) is 118 Å². The maximum atomic E-state index is 14.9. The quantitative estimate of drug-likeness (QED) is 0.0192. The van der Waals surface area contributed by atoms with Crippen LogP contribution in [0.3, 0.4) is 0 Å². The lowest BCUT2D eigenvalue weighted by Crippen LogP contribution is -2.50. The molecule has 6 unspecified atom stereocenters. The highest BCUT2D eigenvalue weighted by molar-refractivity contribution is 7.91. The van der Waals surface area contributed by atoms with Crippen LogP contribution in [0.2, 0.25) is 25.8 Å². The number of carbonyl (C=O) groups excluding carboxylic acids is 4. The highest BCUT2D eigenvalue weighted by Crippen LogP contribution is 2.45. The standard InChI is InChI=1S/C25H32ClFN4O5S.C25H31FN4O5S.C13H12Cl2FN3O2S.C12H21NO3.C7H8FNO2S.C6H4Cl2N2O/c1-25(2,3)36-24(32)31-15-5-6-16(31)12-17(11-15)35-23-19(22(26)29-14-30-23)9-10-28-21-8-7-18(13-20(21)27)37(4,33)34;1-25(2,3)35-24(31)30-15-5-6-16(30)12-17(11-15)34-23-19-9-10-29(22(19)27-14-28-23)21-8-7-18(13-20(21)26)36(4,32)33;1-22(20,21)8-2-3-11(10(16)6-8)17-5-4-9-12(14)18-7-19-13(9)15;1-12(2,3)16-11(15)13-8-4-5-9(13)7-10(14)6-8;1-12(10,11)5-2-3-7(9)6(8)4-5;7-5-4(1-2-11)6(8)10-3-9-5/h7-8,13-17,28H,5-6,9-12H2,1-4H3;7-8,13-17H,5-6,9-12H2,1-4H3;2-3,6-7,17H,4-5H2,1H3;8-10,14H,4-7H2,1-3H3;2-4H,9H2,1H3;2-3H,1H2. The van der Waals surface area contributed by atoms with E-state index in [0.717, 1.165) is 93.4 Å². The molecule has 0 spiro atoms. The van der Waals surface area contributed by atoms with E-state index in [1.165, 1.54) is 73.8 Å². The van der Waals surface area contributed by atoms with E-state index in [1.54, 1.807) is 4.90 Å². The summed E-state index contributed by atoms with van der Waals surface area (Å²) in [6.07, 6.45) is 20.0. The second-order valence-corrected chi connectivity index (χ2v) is 45.8. The molecule has 6 atom stereocenters. The first kappa shape index (κ1) is 106. The molecule has 33 nitrogen and oxygen atoms in total. The molecule has 4 aromatic carbocycles. The van der Waals surface area contributed by atoms with E-state index in [4.69, 9.17) is 87.4 Å². The van der Waals surface area contributed by atoms with E-state index in [1.807, 2.05) is 77.0 Å². The van der Waals surface area contributed by atoms with Crippen molar-refractivity contribution in [3.05, 3.63) is 169 Å². The molecular formula is C88H108Cl5F4N15O18S4. The number of piperidine rings is 3. The van der Waals surface area contributed by atoms with Gasteiger partial charge in [0.15, 0.2) is 39.3 Å². The van der Waals surface area contributed by atoms with Crippen molar-refractivity contribution in [1.82, 2.24) is 54.6 Å². The number of amides is 3. The van der Waals surface area contributed by atoms with Crippen LogP contribution in [0.15, 0.2) is 118 Å². The number of aliphatic hydroxyl groups is 1. The van der Waals surface area contributed by atoms with Gasteiger partial charge in [0.25, 0.3) is 0 Å². The summed E-state index contributed by atoms with van der Waals surface area (Å²) < 4.78 is 176. The van der Waals surface area contributed by atoms with Crippen LogP contribution >= 0.6 is 58.0 Å². The van der Waals surface area contributed by atoms with Crippen LogP contribution in [-0.4, -0.2) is 234 Å². The molecule has 5 N–H and O–H groups in total. The van der Waals surface area contributed by atoms with Gasteiger partial charge in [-0.3, -0.25) is 0 Å². The molecule has 15 rings (SSSR count). The second-order valence-electron chi connectivity index (χ2n) is 36.0. The Hall–Kier alpha value is -9.59. The molecule has 7 aliphatic rings. The topological polar surface area (TPSA) is 437 Å². The lowest BCUT2D eigenvalue weighted by atomic mass is 10.00. The Morgan fingerprint density at radius 1 is 0.455 bits per heavy atom. The maximum Gasteiger partial charge on any atom is 0.410 e. The summed E-state index contributed by atoms with van der Waals surface area (Å²) in [6.45, 7) is 17.9. The number of aromatic nitrogens is 8. The van der Waals surface area contributed by atoms with Crippen molar-refractivity contribution in [3.8, 4) is 11.8 Å². The Kier molecular flexibility index (Phi) is 35.5. The van der Waals surface area contributed by atoms with Gasteiger partial charge in [0.05, 0.1) is 59.6 Å². The third-order valence-corrected chi connectivity index (χ3v) is 28.2. The normalized spacial score (nSPS) is 20.0. The molecule has 134 heavy (non-hydrogen) atoms. The fourth-order valence-electron chi connectivity index (χ4n) is 16.2. The number of nitrogens with zero attached hydrogens (tertiary/aromatic N) is 12. The molecule has 6 fully saturated rings. The average Bonchev–Trinajstić information content (AvgIpc) is 1.62. The minimum atomic E-state index is -3.51. The molecule has 4 aromatic heterocycles. The van der Waals surface area contributed by atoms with Crippen LogP contribution in [0.1, 0.15) is 162 Å². The van der Waals surface area contributed by atoms with Gasteiger partial charge in [0.1, 0.15) is 115 Å². The summed E-state index contributed by atoms with van der Waals surface area (Å²) in [7, 11) is -13.8. The lowest BCUT2D eigenvalue weighted by Gasteiger charge is -2.39. The number of rotatable bonds is 19. The number of nitrogens with two attached hydrogens (primary N) is 1. The molecule has 6 bridgehead atoms. The molecule has 3 amide bonds. The summed E-state index contributed by atoms with van der Waals surface area (Å²) in [5.74, 6) is -1.25. The molecule has 0 radical (unpaired) electrons. The molecule has 0 aliphatic carbocycles. The van der Waals surface area contributed by atoms with E-state index in [9.17, 15) is 75.5 Å². The fourth-order valence-corrected chi connectivity index (χ4v) is 19.9. The Bertz CT molecular complexity index is 6000. The first-order valence-corrected chi connectivity index (χ1v) is 52.1. The molecule has 730 valence electrons. The number of aliphatic hydroxyl groups excluding tert-OH is 1. The number of aldehydes is 1. The Morgan fingerprint density at radius 2 is 0.784 bits per heavy atom. The highest BCUT2D eigenvalue weighted by Gasteiger charge is 2.49. The third kappa shape index (κ3) is 29.2. The van der Waals surface area contributed by atoms with E-state index < -0.39 is 79.4 Å². The zero-order chi connectivity index (χ0) is 98.7. The van der Waals surface area contributed by atoms with Crippen LogP contribution in [0, 0.1) is 23.3 Å². The SMILES string of the molecule is CC(C)(C)OC(=O)N1C2CCC1CC(O)C2.CC(C)(C)OC(=O)N1C2CCC1CC(Oc1ncnc(Cl)c1CCNc1ccc(S(C)(=O)=O)cc1F)C2.CC(C)(C)OC(=O)N1C2CCC1CC(Oc1ncnc3c1CCN3c1ccc(S(C)(=O)=O)cc1F)C2.CS(=O)(=O)c1ccc(N)c(F)c1.CS(=O)(=O)c1ccc(NCCc2c(Cl)ncnc2Cl)c(F)c1.O=CCc1c(Cl)ncnc1Cl. The van der Waals surface area contributed by atoms with Crippen molar-refractivity contribution in [2.75, 3.05) is 65.9 Å². The Balaban J connectivity index is 0.000000177. The summed E-state index contributed by atoms with van der Waals surface area (Å²) in [5.41, 5.74) is 6.63. The summed E-state index contributed by atoms with van der Waals surface area (Å²) in [4.78, 5) is 86.7. The molecule has 7 aliphatic heterocycles. The number of anilines is 5. The maximum absolute atomic E-state index is 14.9. The largest absolute Gasteiger partial charge is 0.474 e. The van der Waals surface area contributed by atoms with Gasteiger partial charge in [-0.15, -0.1) is 0 Å². The number of hydrogen-bond donors (Lipinski definition) is 4. The van der Waals surface area contributed by atoms with Crippen molar-refractivity contribution in [2.45, 2.75) is 256 Å². The van der Waals surface area contributed by atoms with Gasteiger partial charge in [0, 0.05) is 124 Å². The van der Waals surface area contributed by atoms with Crippen LogP contribution in [0.5, 0.6) is 11.8 Å². The van der Waals surface area contributed by atoms with Gasteiger partial charge in [-0.1, -0.05) is 58.0 Å². The number of sulfone groups is 4. The predicted molar refractivity (Wildman–Crippen MR) is 498 cm³/mol. The molecular weight excluding hydrogens is 1940 g/mol. The molecule has 0 saturated carbocycles. The van der Waals surface area contributed by atoms with Crippen molar-refractivity contribution >= 4 is 150 Å². The first-order chi connectivity index (χ1) is 62.5. The van der Waals surface area contributed by atoms with Crippen molar-refractivity contribution in [3.63, 3.8) is 0 Å². The third-order valence-electron chi connectivity index (χ3n) is 22.2. The minimum Gasteiger partial charge on any atom is -0.474 e. The van der Waals surface area contributed by atoms with Crippen molar-refractivity contribution < 1.29 is 99.2 Å². The van der Waals surface area contributed by atoms with Gasteiger partial charge in [-0.25, -0.2) is 105 Å². The summed E-state index contributed by atoms with van der Waals surface area (Å²) >= 11 is 29.4. The highest BCUT2D eigenvalue weighted by atomic mass is 35.5. The number of hydrogen-bond acceptors (Lipinski definition) is 30. The van der Waals surface area contributed by atoms with Crippen molar-refractivity contribution in [1.29, 1.82) is 0 Å². The second kappa shape index (κ2) is 44.7. The van der Waals surface area contributed by atoms with Gasteiger partial charge in [-0.05, 0) is 206 Å². The van der Waals surface area contributed by atoms with E-state index in [2.05, 4.69) is 50.5 Å². The summed E-state index contributed by atoms with van der Waals surface area (Å²) in [6, 6.07) is 15.3. The van der Waals surface area contributed by atoms with Gasteiger partial charge in [-0.2, -0.15) is 0 Å². The minimum absolute atomic E-state index is 0.0407. The van der Waals surface area contributed by atoms with Crippen molar-refractivity contribution in [2.24, 2.45) is 0 Å². The Morgan fingerprint density at radius 3 is 1.16 bits per heavy atom. The zero-order valence-corrected chi connectivity index (χ0v) is 82.9.